The third-order valence-electron chi connectivity index (χ3n) is 8.22. The summed E-state index contributed by atoms with van der Waals surface area (Å²) in [5.74, 6) is 2.33. The minimum Gasteiger partial charge on any atom is -0.348 e. The quantitative estimate of drug-likeness (QED) is 0.601. The van der Waals surface area contributed by atoms with Gasteiger partial charge in [-0.3, -0.25) is 14.5 Å². The first-order valence-electron chi connectivity index (χ1n) is 13.1. The smallest absolute Gasteiger partial charge is 0.225 e. The van der Waals surface area contributed by atoms with E-state index in [0.717, 1.165) is 37.5 Å². The first-order valence-corrected chi connectivity index (χ1v) is 13.9. The Labute approximate surface area is 212 Å². The van der Waals surface area contributed by atoms with Gasteiger partial charge in [-0.15, -0.1) is 21.5 Å². The number of carbonyl (C=O) groups excluding carboxylic acids is 2. The van der Waals surface area contributed by atoms with Crippen molar-refractivity contribution in [2.45, 2.75) is 89.4 Å². The lowest BCUT2D eigenvalue weighted by atomic mass is 9.95. The SMILES string of the molecule is Cc1nnc(C(C)C)n1C1C[C@H]2CC[C@@H](C1)N2CC[C@H](NC(=O)C1CC(=O)N(C)C1)c1cccs1. The fourth-order valence-corrected chi connectivity index (χ4v) is 7.25. The maximum absolute atomic E-state index is 13.0. The number of aryl methyl sites for hydroxylation is 1. The average molecular weight is 499 g/mol. The third-order valence-corrected chi connectivity index (χ3v) is 9.21. The van der Waals surface area contributed by atoms with Crippen LogP contribution in [0.4, 0.5) is 0 Å². The van der Waals surface area contributed by atoms with Crippen molar-refractivity contribution in [1.82, 2.24) is 29.9 Å². The van der Waals surface area contributed by atoms with Crippen LogP contribution in [0.5, 0.6) is 0 Å². The maximum atomic E-state index is 13.0. The number of hydrogen-bond donors (Lipinski definition) is 1. The molecule has 2 amide bonds. The van der Waals surface area contributed by atoms with Crippen molar-refractivity contribution in [3.63, 3.8) is 0 Å². The lowest BCUT2D eigenvalue weighted by molar-refractivity contribution is -0.128. The second-order valence-corrected chi connectivity index (χ2v) is 11.9. The van der Waals surface area contributed by atoms with Crippen LogP contribution in [0.15, 0.2) is 17.5 Å². The standard InChI is InChI=1S/C26H38N6O2S/c1-16(2)25-29-28-17(3)32(25)21-13-19-7-8-20(14-21)31(19)10-9-22(23-6-5-11-35-23)27-26(34)18-12-24(33)30(4)15-18/h5-6,11,16,18-22H,7-10,12-15H2,1-4H3,(H,27,34)/t18?,19-,20+,21?,22-/m0/s1. The van der Waals surface area contributed by atoms with Crippen molar-refractivity contribution in [2.75, 3.05) is 20.1 Å². The predicted octanol–water partition coefficient (Wildman–Crippen LogP) is 3.67. The number of carbonyl (C=O) groups is 2. The van der Waals surface area contributed by atoms with Crippen molar-refractivity contribution < 1.29 is 9.59 Å². The highest BCUT2D eigenvalue weighted by atomic mass is 32.1. The number of thiophene rings is 1. The van der Waals surface area contributed by atoms with E-state index in [1.54, 1.807) is 23.3 Å². The molecule has 0 radical (unpaired) electrons. The summed E-state index contributed by atoms with van der Waals surface area (Å²) in [4.78, 5) is 30.5. The molecule has 0 aromatic carbocycles. The van der Waals surface area contributed by atoms with Crippen LogP contribution >= 0.6 is 11.3 Å². The Morgan fingerprint density at radius 2 is 1.94 bits per heavy atom. The van der Waals surface area contributed by atoms with Crippen LogP contribution in [-0.2, 0) is 9.59 Å². The van der Waals surface area contributed by atoms with Crippen molar-refractivity contribution in [1.29, 1.82) is 0 Å². The van der Waals surface area contributed by atoms with Crippen LogP contribution in [0.2, 0.25) is 0 Å². The Bertz CT molecular complexity index is 1040. The molecular weight excluding hydrogens is 460 g/mol. The van der Waals surface area contributed by atoms with Gasteiger partial charge in [-0.2, -0.15) is 0 Å². The van der Waals surface area contributed by atoms with Gasteiger partial charge in [-0.1, -0.05) is 19.9 Å². The van der Waals surface area contributed by atoms with Crippen LogP contribution in [0.3, 0.4) is 0 Å². The van der Waals surface area contributed by atoms with Gasteiger partial charge >= 0.3 is 0 Å². The number of rotatable bonds is 8. The Morgan fingerprint density at radius 1 is 1.20 bits per heavy atom. The molecule has 9 heteroatoms. The molecule has 2 unspecified atom stereocenters. The highest BCUT2D eigenvalue weighted by Gasteiger charge is 2.42. The Morgan fingerprint density at radius 3 is 2.54 bits per heavy atom. The molecule has 3 fully saturated rings. The number of piperidine rings is 1. The summed E-state index contributed by atoms with van der Waals surface area (Å²) in [6.45, 7) is 7.97. The van der Waals surface area contributed by atoms with Crippen LogP contribution < -0.4 is 5.32 Å². The molecule has 190 valence electrons. The molecule has 5 heterocycles. The normalized spacial score (nSPS) is 27.7. The van der Waals surface area contributed by atoms with Gasteiger partial charge in [-0.05, 0) is 50.5 Å². The highest BCUT2D eigenvalue weighted by Crippen LogP contribution is 2.42. The number of nitrogens with zero attached hydrogens (tertiary/aromatic N) is 5. The fraction of sp³-hybridized carbons (Fsp3) is 0.692. The molecule has 5 atom stereocenters. The van der Waals surface area contributed by atoms with Crippen molar-refractivity contribution in [2.24, 2.45) is 5.92 Å². The summed E-state index contributed by atoms with van der Waals surface area (Å²) < 4.78 is 2.40. The topological polar surface area (TPSA) is 83.4 Å². The van der Waals surface area contributed by atoms with E-state index in [1.165, 1.54) is 17.7 Å². The van der Waals surface area contributed by atoms with Crippen molar-refractivity contribution in [3.8, 4) is 0 Å². The largest absolute Gasteiger partial charge is 0.348 e. The molecule has 8 nitrogen and oxygen atoms in total. The predicted molar refractivity (Wildman–Crippen MR) is 136 cm³/mol. The number of nitrogens with one attached hydrogen (secondary N) is 1. The summed E-state index contributed by atoms with van der Waals surface area (Å²) in [6, 6.07) is 5.77. The fourth-order valence-electron chi connectivity index (χ4n) is 6.43. The lowest BCUT2D eigenvalue weighted by Crippen LogP contribution is -2.45. The molecule has 2 aromatic heterocycles. The van der Waals surface area contributed by atoms with Crippen LogP contribution in [0.1, 0.15) is 86.9 Å². The van der Waals surface area contributed by atoms with E-state index >= 15 is 0 Å². The molecule has 0 saturated carbocycles. The lowest BCUT2D eigenvalue weighted by Gasteiger charge is -2.40. The van der Waals surface area contributed by atoms with E-state index in [2.05, 4.69) is 63.3 Å². The van der Waals surface area contributed by atoms with Gasteiger partial charge in [0, 0.05) is 55.5 Å². The van der Waals surface area contributed by atoms with Gasteiger partial charge in [0.25, 0.3) is 0 Å². The number of hydrogen-bond acceptors (Lipinski definition) is 6. The van der Waals surface area contributed by atoms with E-state index in [9.17, 15) is 9.59 Å². The second-order valence-electron chi connectivity index (χ2n) is 10.9. The molecule has 0 spiro atoms. The van der Waals surface area contributed by atoms with Gasteiger partial charge in [0.15, 0.2) is 0 Å². The van der Waals surface area contributed by atoms with E-state index in [4.69, 9.17) is 0 Å². The van der Waals surface area contributed by atoms with E-state index in [1.807, 2.05) is 0 Å². The molecule has 3 aliphatic heterocycles. The highest BCUT2D eigenvalue weighted by molar-refractivity contribution is 7.10. The molecule has 1 N–H and O–H groups in total. The number of fused-ring (bicyclic) bond motifs is 2. The molecular formula is C26H38N6O2S. The van der Waals surface area contributed by atoms with Gasteiger partial charge in [0.1, 0.15) is 11.6 Å². The second kappa shape index (κ2) is 10.0. The van der Waals surface area contributed by atoms with Crippen molar-refractivity contribution >= 4 is 23.2 Å². The van der Waals surface area contributed by atoms with Gasteiger partial charge < -0.3 is 14.8 Å². The van der Waals surface area contributed by atoms with Crippen LogP contribution in [0, 0.1) is 12.8 Å². The zero-order valence-electron chi connectivity index (χ0n) is 21.3. The number of likely N-dealkylation sites (tertiary alicyclic amines) is 1. The molecule has 5 rings (SSSR count). The summed E-state index contributed by atoms with van der Waals surface area (Å²) in [6.07, 6.45) is 5.97. The Balaban J connectivity index is 1.24. The number of amides is 2. The summed E-state index contributed by atoms with van der Waals surface area (Å²) in [5.41, 5.74) is 0. The third kappa shape index (κ3) is 4.89. The van der Waals surface area contributed by atoms with Gasteiger partial charge in [0.05, 0.1) is 12.0 Å². The van der Waals surface area contributed by atoms with Crippen molar-refractivity contribution in [3.05, 3.63) is 34.0 Å². The zero-order chi connectivity index (χ0) is 24.7. The Hall–Kier alpha value is -2.26. The summed E-state index contributed by atoms with van der Waals surface area (Å²) in [5, 5.41) is 14.2. The molecule has 3 aliphatic rings. The molecule has 2 bridgehead atoms. The van der Waals surface area contributed by atoms with E-state index < -0.39 is 0 Å². The molecule has 0 aliphatic carbocycles. The first kappa shape index (κ1) is 24.4. The van der Waals surface area contributed by atoms with E-state index in [0.29, 0.717) is 37.0 Å². The molecule has 35 heavy (non-hydrogen) atoms. The van der Waals surface area contributed by atoms with Gasteiger partial charge in [0.2, 0.25) is 11.8 Å². The minimum absolute atomic E-state index is 0.00623. The van der Waals surface area contributed by atoms with Crippen LogP contribution in [-0.4, -0.2) is 68.6 Å². The Kier molecular flexibility index (Phi) is 6.99. The average Bonchev–Trinajstić information content (AvgIpc) is 3.59. The summed E-state index contributed by atoms with van der Waals surface area (Å²) in [7, 11) is 1.78. The summed E-state index contributed by atoms with van der Waals surface area (Å²) >= 11 is 1.70. The van der Waals surface area contributed by atoms with Crippen LogP contribution in [0.25, 0.3) is 0 Å². The minimum atomic E-state index is -0.246. The molecule has 3 saturated heterocycles. The number of aromatic nitrogens is 3. The maximum Gasteiger partial charge on any atom is 0.225 e. The molecule has 2 aromatic rings. The van der Waals surface area contributed by atoms with E-state index in [-0.39, 0.29) is 23.8 Å². The van der Waals surface area contributed by atoms with Gasteiger partial charge in [-0.25, -0.2) is 0 Å². The zero-order valence-corrected chi connectivity index (χ0v) is 22.1. The first-order chi connectivity index (χ1) is 16.8. The monoisotopic (exact) mass is 498 g/mol.